The van der Waals surface area contributed by atoms with Gasteiger partial charge in [-0.3, -0.25) is 9.69 Å². The van der Waals surface area contributed by atoms with Gasteiger partial charge in [-0.25, -0.2) is 0 Å². The summed E-state index contributed by atoms with van der Waals surface area (Å²) in [4.78, 5) is 13.9. The number of nitrogens with two attached hydrogens (primary N) is 2. The molecule has 2 heterocycles. The minimum atomic E-state index is -0.219. The van der Waals surface area contributed by atoms with Gasteiger partial charge >= 0.3 is 0 Å². The molecule has 0 saturated carbocycles. The van der Waals surface area contributed by atoms with E-state index in [1.54, 1.807) is 11.3 Å². The molecule has 106 valence electrons. The largest absolute Gasteiger partial charge is 0.368 e. The van der Waals surface area contributed by atoms with E-state index < -0.39 is 0 Å². The molecule has 0 bridgehead atoms. The van der Waals surface area contributed by atoms with Gasteiger partial charge in [-0.05, 0) is 48.2 Å². The van der Waals surface area contributed by atoms with Crippen LogP contribution in [0.4, 0.5) is 0 Å². The van der Waals surface area contributed by atoms with Crippen LogP contribution >= 0.6 is 11.3 Å². The van der Waals surface area contributed by atoms with Gasteiger partial charge < -0.3 is 11.5 Å². The molecule has 4 nitrogen and oxygen atoms in total. The SMILES string of the molecule is CCC(N)C(c1ccsc1)N1CCCCC1C(N)=O. The molecule has 0 spiro atoms. The standard InChI is InChI=1S/C14H23N3OS/c1-2-11(15)13(10-6-8-19-9-10)17-7-4-3-5-12(17)14(16)18/h6,8-9,11-13H,2-5,7,15H2,1H3,(H2,16,18). The van der Waals surface area contributed by atoms with Crippen LogP contribution in [0.1, 0.15) is 44.2 Å². The third-order valence-corrected chi connectivity index (χ3v) is 4.69. The number of hydrogen-bond donors (Lipinski definition) is 2. The Labute approximate surface area is 118 Å². The van der Waals surface area contributed by atoms with Crippen LogP contribution in [0.2, 0.25) is 0 Å². The number of primary amides is 1. The van der Waals surface area contributed by atoms with E-state index in [9.17, 15) is 4.79 Å². The number of nitrogens with zero attached hydrogens (tertiary/aromatic N) is 1. The quantitative estimate of drug-likeness (QED) is 0.865. The van der Waals surface area contributed by atoms with Crippen LogP contribution in [0.3, 0.4) is 0 Å². The second-order valence-electron chi connectivity index (χ2n) is 5.23. The maximum atomic E-state index is 11.7. The smallest absolute Gasteiger partial charge is 0.234 e. The van der Waals surface area contributed by atoms with Crippen molar-refractivity contribution >= 4 is 17.2 Å². The maximum Gasteiger partial charge on any atom is 0.234 e. The molecule has 1 amide bonds. The normalized spacial score (nSPS) is 24.0. The summed E-state index contributed by atoms with van der Waals surface area (Å²) >= 11 is 1.67. The molecule has 0 aliphatic carbocycles. The van der Waals surface area contributed by atoms with Crippen LogP contribution in [0, 0.1) is 0 Å². The molecule has 3 unspecified atom stereocenters. The molecule has 1 aliphatic rings. The highest BCUT2D eigenvalue weighted by Crippen LogP contribution is 2.32. The van der Waals surface area contributed by atoms with Crippen LogP contribution in [-0.4, -0.2) is 29.4 Å². The topological polar surface area (TPSA) is 72.3 Å². The van der Waals surface area contributed by atoms with Crippen molar-refractivity contribution in [3.8, 4) is 0 Å². The van der Waals surface area contributed by atoms with Gasteiger partial charge in [0.15, 0.2) is 0 Å². The Morgan fingerprint density at radius 1 is 1.58 bits per heavy atom. The third kappa shape index (κ3) is 3.16. The van der Waals surface area contributed by atoms with Crippen molar-refractivity contribution in [3.63, 3.8) is 0 Å². The summed E-state index contributed by atoms with van der Waals surface area (Å²) in [5.74, 6) is -0.219. The number of likely N-dealkylation sites (tertiary alicyclic amines) is 1. The molecule has 19 heavy (non-hydrogen) atoms. The monoisotopic (exact) mass is 281 g/mol. The predicted molar refractivity (Wildman–Crippen MR) is 78.9 cm³/mol. The molecule has 4 N–H and O–H groups in total. The molecular weight excluding hydrogens is 258 g/mol. The Kier molecular flexibility index (Phi) is 4.96. The van der Waals surface area contributed by atoms with Gasteiger partial charge in [0.1, 0.15) is 0 Å². The first-order valence-corrected chi connectivity index (χ1v) is 7.92. The number of thiophene rings is 1. The molecule has 1 aromatic heterocycles. The molecular formula is C14H23N3OS. The highest BCUT2D eigenvalue weighted by molar-refractivity contribution is 7.07. The Bertz CT molecular complexity index is 407. The van der Waals surface area contributed by atoms with Gasteiger partial charge in [0.05, 0.1) is 12.1 Å². The lowest BCUT2D eigenvalue weighted by atomic mass is 9.92. The first kappa shape index (κ1) is 14.5. The summed E-state index contributed by atoms with van der Waals surface area (Å²) in [6, 6.07) is 2.08. The lowest BCUT2D eigenvalue weighted by Crippen LogP contribution is -2.53. The number of piperidine rings is 1. The zero-order chi connectivity index (χ0) is 13.8. The van der Waals surface area contributed by atoms with Crippen LogP contribution in [-0.2, 0) is 4.79 Å². The molecule has 2 rings (SSSR count). The lowest BCUT2D eigenvalue weighted by molar-refractivity contribution is -0.125. The second kappa shape index (κ2) is 6.50. The van der Waals surface area contributed by atoms with E-state index in [0.29, 0.717) is 0 Å². The van der Waals surface area contributed by atoms with Crippen molar-refractivity contribution in [2.45, 2.75) is 50.7 Å². The van der Waals surface area contributed by atoms with Crippen molar-refractivity contribution in [2.24, 2.45) is 11.5 Å². The summed E-state index contributed by atoms with van der Waals surface area (Å²) in [5, 5.41) is 4.20. The summed E-state index contributed by atoms with van der Waals surface area (Å²) in [6.07, 6.45) is 3.93. The average molecular weight is 281 g/mol. The van der Waals surface area contributed by atoms with E-state index >= 15 is 0 Å². The average Bonchev–Trinajstić information content (AvgIpc) is 2.93. The maximum absolute atomic E-state index is 11.7. The summed E-state index contributed by atoms with van der Waals surface area (Å²) in [5.41, 5.74) is 13.1. The van der Waals surface area contributed by atoms with Crippen molar-refractivity contribution < 1.29 is 4.79 Å². The molecule has 3 atom stereocenters. The highest BCUT2D eigenvalue weighted by Gasteiger charge is 2.35. The number of amides is 1. The van der Waals surface area contributed by atoms with E-state index in [0.717, 1.165) is 32.2 Å². The van der Waals surface area contributed by atoms with E-state index in [-0.39, 0.29) is 24.0 Å². The van der Waals surface area contributed by atoms with Crippen molar-refractivity contribution in [3.05, 3.63) is 22.4 Å². The number of hydrogen-bond acceptors (Lipinski definition) is 4. The van der Waals surface area contributed by atoms with Gasteiger partial charge in [-0.15, -0.1) is 0 Å². The lowest BCUT2D eigenvalue weighted by Gasteiger charge is -2.41. The Morgan fingerprint density at radius 3 is 2.95 bits per heavy atom. The van der Waals surface area contributed by atoms with E-state index in [2.05, 4.69) is 28.7 Å². The van der Waals surface area contributed by atoms with Gasteiger partial charge in [0.2, 0.25) is 5.91 Å². The van der Waals surface area contributed by atoms with Crippen molar-refractivity contribution in [2.75, 3.05) is 6.54 Å². The molecule has 1 fully saturated rings. The number of rotatable bonds is 5. The Morgan fingerprint density at radius 2 is 2.37 bits per heavy atom. The fourth-order valence-corrected chi connectivity index (χ4v) is 3.63. The van der Waals surface area contributed by atoms with Crippen LogP contribution < -0.4 is 11.5 Å². The summed E-state index contributed by atoms with van der Waals surface area (Å²) < 4.78 is 0. The first-order chi connectivity index (χ1) is 9.15. The number of carbonyl (C=O) groups excluding carboxylic acids is 1. The fourth-order valence-electron chi connectivity index (χ4n) is 2.94. The van der Waals surface area contributed by atoms with Gasteiger partial charge in [0, 0.05) is 6.04 Å². The minimum absolute atomic E-state index is 0.0366. The van der Waals surface area contributed by atoms with Crippen molar-refractivity contribution in [1.82, 2.24) is 4.90 Å². The van der Waals surface area contributed by atoms with Crippen LogP contribution in [0.25, 0.3) is 0 Å². The van der Waals surface area contributed by atoms with Gasteiger partial charge in [-0.1, -0.05) is 13.3 Å². The fraction of sp³-hybridized carbons (Fsp3) is 0.643. The second-order valence-corrected chi connectivity index (χ2v) is 6.01. The molecule has 1 aromatic rings. The van der Waals surface area contributed by atoms with E-state index in [1.807, 2.05) is 0 Å². The predicted octanol–water partition coefficient (Wildman–Crippen LogP) is 1.87. The van der Waals surface area contributed by atoms with E-state index in [4.69, 9.17) is 11.5 Å². The Hall–Kier alpha value is -0.910. The van der Waals surface area contributed by atoms with Crippen LogP contribution in [0.15, 0.2) is 16.8 Å². The summed E-state index contributed by atoms with van der Waals surface area (Å²) in [7, 11) is 0. The van der Waals surface area contributed by atoms with Gasteiger partial charge in [-0.2, -0.15) is 11.3 Å². The molecule has 5 heteroatoms. The third-order valence-electron chi connectivity index (χ3n) is 3.99. The molecule has 0 aromatic carbocycles. The minimum Gasteiger partial charge on any atom is -0.368 e. The van der Waals surface area contributed by atoms with Crippen molar-refractivity contribution in [1.29, 1.82) is 0 Å². The summed E-state index contributed by atoms with van der Waals surface area (Å²) in [6.45, 7) is 3.00. The molecule has 0 radical (unpaired) electrons. The number of carbonyl (C=O) groups is 1. The van der Waals surface area contributed by atoms with E-state index in [1.165, 1.54) is 5.56 Å². The Balaban J connectivity index is 2.28. The molecule has 1 aliphatic heterocycles. The van der Waals surface area contributed by atoms with Crippen LogP contribution in [0.5, 0.6) is 0 Å². The van der Waals surface area contributed by atoms with Gasteiger partial charge in [0.25, 0.3) is 0 Å². The highest BCUT2D eigenvalue weighted by atomic mass is 32.1. The zero-order valence-corrected chi connectivity index (χ0v) is 12.2. The zero-order valence-electron chi connectivity index (χ0n) is 11.4. The first-order valence-electron chi connectivity index (χ1n) is 6.98. The molecule has 1 saturated heterocycles.